The number of benzene rings is 2. The van der Waals surface area contributed by atoms with Crippen LogP contribution in [0, 0.1) is 0 Å². The highest BCUT2D eigenvalue weighted by Crippen LogP contribution is 2.22. The summed E-state index contributed by atoms with van der Waals surface area (Å²) in [6, 6.07) is 15.7. The summed E-state index contributed by atoms with van der Waals surface area (Å²) in [5.41, 5.74) is 6.17. The standard InChI is InChI=1S/C26H31N9O3/c1-38-21-10-8-18(9-11-21)15-27-23-30-24(32-25(31-23)33-35-17-22(36)29-26(35)37)28-16-19-6-5-7-20(14-19)34-12-3-2-4-13-34/h5-11,14H,2-4,12-13,15-17H2,1H3,(H,29,36,37)(H3,27,28,30,31,32,33)/p+1. The van der Waals surface area contributed by atoms with Crippen LogP contribution < -0.4 is 31.0 Å². The van der Waals surface area contributed by atoms with Crippen molar-refractivity contribution < 1.29 is 19.6 Å². The number of piperidine rings is 1. The number of imide groups is 1. The van der Waals surface area contributed by atoms with Crippen LogP contribution in [0.4, 0.5) is 28.3 Å². The topological polar surface area (TPSA) is 141 Å². The van der Waals surface area contributed by atoms with Crippen LogP contribution in [0.1, 0.15) is 30.4 Å². The van der Waals surface area contributed by atoms with Crippen LogP contribution in [-0.4, -0.2) is 58.6 Å². The molecule has 1 aromatic heterocycles. The molecule has 0 aliphatic carbocycles. The van der Waals surface area contributed by atoms with E-state index in [4.69, 9.17) is 4.74 Å². The van der Waals surface area contributed by atoms with Gasteiger partial charge in [-0.3, -0.25) is 5.43 Å². The third kappa shape index (κ3) is 6.45. The van der Waals surface area contributed by atoms with Crippen LogP contribution in [0.5, 0.6) is 5.75 Å². The normalized spacial score (nSPS) is 15.5. The maximum Gasteiger partial charge on any atom is 0.442 e. The van der Waals surface area contributed by atoms with Crippen molar-refractivity contribution in [3.05, 3.63) is 59.7 Å². The van der Waals surface area contributed by atoms with Gasteiger partial charge in [-0.2, -0.15) is 25.3 Å². The molecule has 2 saturated heterocycles. The van der Waals surface area contributed by atoms with E-state index in [1.54, 1.807) is 7.11 Å². The minimum Gasteiger partial charge on any atom is -0.497 e. The Morgan fingerprint density at radius 3 is 2.21 bits per heavy atom. The number of ether oxygens (including phenoxy) is 1. The van der Waals surface area contributed by atoms with Gasteiger partial charge in [0.25, 0.3) is 0 Å². The Morgan fingerprint density at radius 1 is 0.868 bits per heavy atom. The van der Waals surface area contributed by atoms with E-state index in [9.17, 15) is 9.59 Å². The Labute approximate surface area is 220 Å². The number of quaternary nitrogens is 1. The molecule has 2 aromatic carbocycles. The number of amides is 3. The summed E-state index contributed by atoms with van der Waals surface area (Å²) >= 11 is 0. The second kappa shape index (κ2) is 11.7. The fraction of sp³-hybridized carbons (Fsp3) is 0.346. The van der Waals surface area contributed by atoms with Gasteiger partial charge < -0.3 is 20.3 Å². The van der Waals surface area contributed by atoms with Gasteiger partial charge in [-0.05, 0) is 54.7 Å². The number of carbonyl (C=O) groups excluding carboxylic acids is 2. The van der Waals surface area contributed by atoms with Crippen LogP contribution >= 0.6 is 0 Å². The number of hydrazine groups is 1. The predicted octanol–water partition coefficient (Wildman–Crippen LogP) is 1.95. The number of nitrogens with zero attached hydrogens (tertiary/aromatic N) is 5. The van der Waals surface area contributed by atoms with Gasteiger partial charge in [0, 0.05) is 31.9 Å². The lowest BCUT2D eigenvalue weighted by Crippen LogP contribution is -2.88. The Balaban J connectivity index is 1.30. The average Bonchev–Trinajstić information content (AvgIpc) is 3.27. The van der Waals surface area contributed by atoms with Gasteiger partial charge in [0.05, 0.1) is 7.11 Å². The summed E-state index contributed by atoms with van der Waals surface area (Å²) in [4.78, 5) is 39.5. The largest absolute Gasteiger partial charge is 0.497 e. The third-order valence-corrected chi connectivity index (χ3v) is 6.43. The quantitative estimate of drug-likeness (QED) is 0.294. The van der Waals surface area contributed by atoms with Crippen molar-refractivity contribution in [2.75, 3.05) is 47.7 Å². The SMILES string of the molecule is COc1ccc(CNc2nc(NCc3cccc(N4CCCCC4)c3)nc(NN3CC(=O)[NH2+]C3=O)n2)cc1. The number of rotatable bonds is 10. The van der Waals surface area contributed by atoms with E-state index in [1.165, 1.54) is 30.0 Å². The number of methoxy groups -OCH3 is 1. The Hall–Kier alpha value is -4.45. The van der Waals surface area contributed by atoms with Crippen molar-refractivity contribution in [3.8, 4) is 5.75 Å². The van der Waals surface area contributed by atoms with Crippen molar-refractivity contribution >= 4 is 35.5 Å². The molecule has 0 spiro atoms. The van der Waals surface area contributed by atoms with E-state index in [2.05, 4.69) is 60.2 Å². The van der Waals surface area contributed by atoms with Crippen molar-refractivity contribution in [1.82, 2.24) is 20.0 Å². The molecule has 12 heteroatoms. The number of hydrogen-bond acceptors (Lipinski definition) is 10. The Bertz CT molecular complexity index is 1280. The van der Waals surface area contributed by atoms with Gasteiger partial charge in [-0.15, -0.1) is 0 Å². The van der Waals surface area contributed by atoms with E-state index in [-0.39, 0.29) is 18.4 Å². The van der Waals surface area contributed by atoms with E-state index >= 15 is 0 Å². The molecule has 0 unspecified atom stereocenters. The third-order valence-electron chi connectivity index (χ3n) is 6.43. The average molecular weight is 519 g/mol. The zero-order valence-electron chi connectivity index (χ0n) is 21.3. The molecule has 2 aliphatic heterocycles. The summed E-state index contributed by atoms with van der Waals surface area (Å²) in [7, 11) is 1.63. The maximum atomic E-state index is 12.1. The number of carbonyl (C=O) groups is 2. The number of urea groups is 1. The lowest BCUT2D eigenvalue weighted by atomic mass is 10.1. The van der Waals surface area contributed by atoms with Gasteiger partial charge in [0.1, 0.15) is 5.75 Å². The molecule has 3 heterocycles. The predicted molar refractivity (Wildman–Crippen MR) is 143 cm³/mol. The van der Waals surface area contributed by atoms with Crippen molar-refractivity contribution in [2.24, 2.45) is 0 Å². The van der Waals surface area contributed by atoms with Crippen molar-refractivity contribution in [3.63, 3.8) is 0 Å². The molecule has 0 bridgehead atoms. The summed E-state index contributed by atoms with van der Waals surface area (Å²) < 4.78 is 5.22. The zero-order valence-corrected chi connectivity index (χ0v) is 21.3. The molecule has 198 valence electrons. The Kier molecular flexibility index (Phi) is 7.78. The summed E-state index contributed by atoms with van der Waals surface area (Å²) in [5.74, 6) is 1.31. The van der Waals surface area contributed by atoms with E-state index in [0.717, 1.165) is 35.3 Å². The summed E-state index contributed by atoms with van der Waals surface area (Å²) in [5, 5.41) is 8.71. The van der Waals surface area contributed by atoms with Gasteiger partial charge in [-0.25, -0.2) is 9.59 Å². The lowest BCUT2D eigenvalue weighted by molar-refractivity contribution is -0.461. The van der Waals surface area contributed by atoms with Gasteiger partial charge in [0.15, 0.2) is 6.54 Å². The molecule has 2 aliphatic rings. The molecule has 3 amide bonds. The minimum atomic E-state index is -0.438. The lowest BCUT2D eigenvalue weighted by Gasteiger charge is -2.29. The highest BCUT2D eigenvalue weighted by Gasteiger charge is 2.33. The molecule has 5 rings (SSSR count). The van der Waals surface area contributed by atoms with Crippen LogP contribution in [0.2, 0.25) is 0 Å². The number of anilines is 4. The van der Waals surface area contributed by atoms with Crippen LogP contribution in [0.3, 0.4) is 0 Å². The second-order valence-electron chi connectivity index (χ2n) is 9.23. The van der Waals surface area contributed by atoms with E-state index < -0.39 is 6.03 Å². The highest BCUT2D eigenvalue weighted by molar-refractivity contribution is 5.87. The maximum absolute atomic E-state index is 12.1. The number of hydrogen-bond donors (Lipinski definition) is 4. The van der Waals surface area contributed by atoms with Crippen LogP contribution in [0.25, 0.3) is 0 Å². The first kappa shape index (κ1) is 25.2. The number of nitrogens with two attached hydrogens (primary N) is 1. The van der Waals surface area contributed by atoms with Crippen molar-refractivity contribution in [1.29, 1.82) is 0 Å². The first-order valence-electron chi connectivity index (χ1n) is 12.7. The number of aromatic nitrogens is 3. The number of nitrogens with one attached hydrogen (secondary N) is 3. The molecule has 0 atom stereocenters. The zero-order chi connectivity index (χ0) is 26.3. The molecule has 2 fully saturated rings. The highest BCUT2D eigenvalue weighted by atomic mass is 16.5. The van der Waals surface area contributed by atoms with Gasteiger partial charge >= 0.3 is 11.9 Å². The molecular weight excluding hydrogens is 486 g/mol. The molecule has 0 saturated carbocycles. The van der Waals surface area contributed by atoms with E-state index in [0.29, 0.717) is 25.0 Å². The molecule has 12 nitrogen and oxygen atoms in total. The summed E-state index contributed by atoms with van der Waals surface area (Å²) in [6.45, 7) is 3.07. The molecule has 38 heavy (non-hydrogen) atoms. The second-order valence-corrected chi connectivity index (χ2v) is 9.23. The Morgan fingerprint density at radius 2 is 1.55 bits per heavy atom. The fourth-order valence-corrected chi connectivity index (χ4v) is 4.42. The van der Waals surface area contributed by atoms with E-state index in [1.807, 2.05) is 24.3 Å². The first-order chi connectivity index (χ1) is 18.6. The van der Waals surface area contributed by atoms with Crippen LogP contribution in [0.15, 0.2) is 48.5 Å². The molecule has 3 aromatic rings. The van der Waals surface area contributed by atoms with Gasteiger partial charge in [-0.1, -0.05) is 24.3 Å². The van der Waals surface area contributed by atoms with Crippen molar-refractivity contribution in [2.45, 2.75) is 32.4 Å². The minimum absolute atomic E-state index is 0.0782. The molecular formula is C26H32N9O3+. The fourth-order valence-electron chi connectivity index (χ4n) is 4.42. The molecule has 0 radical (unpaired) electrons. The van der Waals surface area contributed by atoms with Gasteiger partial charge in [0.2, 0.25) is 17.8 Å². The first-order valence-corrected chi connectivity index (χ1v) is 12.7. The number of primary amides is 2. The summed E-state index contributed by atoms with van der Waals surface area (Å²) in [6.07, 6.45) is 3.73. The monoisotopic (exact) mass is 518 g/mol. The van der Waals surface area contributed by atoms with Crippen LogP contribution in [-0.2, 0) is 17.9 Å². The smallest absolute Gasteiger partial charge is 0.442 e. The molecule has 5 N–H and O–H groups in total.